The maximum Gasteiger partial charge on any atom is 0.233 e. The highest BCUT2D eigenvalue weighted by Crippen LogP contribution is 2.23. The molecule has 0 spiro atoms. The van der Waals surface area contributed by atoms with E-state index in [1.54, 1.807) is 6.07 Å². The van der Waals surface area contributed by atoms with Crippen LogP contribution in [0, 0.1) is 0 Å². The quantitative estimate of drug-likeness (QED) is 0.759. The lowest BCUT2D eigenvalue weighted by atomic mass is 10.3. The number of sulfone groups is 1. The maximum atomic E-state index is 11.6. The number of anilines is 2. The van der Waals surface area contributed by atoms with Crippen molar-refractivity contribution < 1.29 is 16.8 Å². The Morgan fingerprint density at radius 3 is 2.33 bits per heavy atom. The zero-order valence-corrected chi connectivity index (χ0v) is 12.8. The number of nitrogen functional groups attached to an aromatic ring is 1. The fraction of sp³-hybridized carbons (Fsp3) is 0.333. The van der Waals surface area contributed by atoms with Crippen LogP contribution >= 0.6 is 15.9 Å². The van der Waals surface area contributed by atoms with Gasteiger partial charge < -0.3 is 5.73 Å². The molecule has 0 saturated heterocycles. The third kappa shape index (κ3) is 5.23. The summed E-state index contributed by atoms with van der Waals surface area (Å²) in [4.78, 5) is 0. The second kappa shape index (κ2) is 5.45. The molecule has 1 rings (SSSR count). The molecule has 0 aliphatic rings. The van der Waals surface area contributed by atoms with Crippen molar-refractivity contribution in [3.05, 3.63) is 22.7 Å². The lowest BCUT2D eigenvalue weighted by Gasteiger charge is -2.08. The number of halogens is 1. The minimum atomic E-state index is -3.70. The Balaban J connectivity index is 2.80. The largest absolute Gasteiger partial charge is 0.398 e. The lowest BCUT2D eigenvalue weighted by Crippen LogP contribution is -2.22. The molecule has 0 aliphatic heterocycles. The number of benzene rings is 1. The second-order valence-corrected chi connectivity index (χ2v) is 8.74. The fourth-order valence-corrected chi connectivity index (χ4v) is 4.02. The summed E-state index contributed by atoms with van der Waals surface area (Å²) in [5, 5.41) is 0. The maximum absolute atomic E-state index is 11.6. The van der Waals surface area contributed by atoms with Crippen molar-refractivity contribution in [3.8, 4) is 0 Å². The van der Waals surface area contributed by atoms with Crippen molar-refractivity contribution in [1.29, 1.82) is 0 Å². The average molecular weight is 357 g/mol. The van der Waals surface area contributed by atoms with Crippen LogP contribution in [0.4, 0.5) is 11.4 Å². The highest BCUT2D eigenvalue weighted by Gasteiger charge is 2.14. The molecule has 0 aromatic heterocycles. The van der Waals surface area contributed by atoms with E-state index in [4.69, 9.17) is 5.73 Å². The van der Waals surface area contributed by atoms with Crippen LogP contribution in [0.15, 0.2) is 22.7 Å². The van der Waals surface area contributed by atoms with Gasteiger partial charge in [-0.3, -0.25) is 4.72 Å². The minimum absolute atomic E-state index is 0.296. The van der Waals surface area contributed by atoms with E-state index in [-0.39, 0.29) is 0 Å². The predicted molar refractivity (Wildman–Crippen MR) is 75.7 cm³/mol. The van der Waals surface area contributed by atoms with E-state index in [1.165, 1.54) is 12.1 Å². The molecule has 9 heteroatoms. The summed E-state index contributed by atoms with van der Waals surface area (Å²) in [5.74, 6) is -0.907. The Morgan fingerprint density at radius 1 is 1.22 bits per heavy atom. The normalized spacial score (nSPS) is 12.3. The molecule has 0 atom stereocenters. The molecular weight excluding hydrogens is 344 g/mol. The van der Waals surface area contributed by atoms with Gasteiger partial charge in [0.05, 0.1) is 17.2 Å². The van der Waals surface area contributed by atoms with Gasteiger partial charge in [0, 0.05) is 16.4 Å². The van der Waals surface area contributed by atoms with Crippen molar-refractivity contribution in [3.63, 3.8) is 0 Å². The number of sulfonamides is 1. The molecule has 1 aromatic rings. The number of hydrogen-bond donors (Lipinski definition) is 2. The van der Waals surface area contributed by atoms with E-state index in [1.807, 2.05) is 0 Å². The van der Waals surface area contributed by atoms with Crippen LogP contribution < -0.4 is 10.5 Å². The van der Waals surface area contributed by atoms with E-state index < -0.39 is 31.4 Å². The summed E-state index contributed by atoms with van der Waals surface area (Å²) in [6.45, 7) is 0. The molecule has 0 unspecified atom stereocenters. The Kier molecular flexibility index (Phi) is 4.62. The van der Waals surface area contributed by atoms with Gasteiger partial charge in [0.15, 0.2) is 0 Å². The molecule has 0 amide bonds. The van der Waals surface area contributed by atoms with E-state index in [0.717, 1.165) is 6.26 Å². The first-order valence-corrected chi connectivity index (χ1v) is 9.33. The number of nitrogens with one attached hydrogen (secondary N) is 1. The van der Waals surface area contributed by atoms with Crippen molar-refractivity contribution in [1.82, 2.24) is 0 Å². The second-order valence-electron chi connectivity index (χ2n) is 3.79. The van der Waals surface area contributed by atoms with Crippen LogP contribution in [-0.2, 0) is 19.9 Å². The minimum Gasteiger partial charge on any atom is -0.398 e. The van der Waals surface area contributed by atoms with E-state index in [9.17, 15) is 16.8 Å². The highest BCUT2D eigenvalue weighted by atomic mass is 79.9. The van der Waals surface area contributed by atoms with E-state index in [2.05, 4.69) is 20.7 Å². The van der Waals surface area contributed by atoms with E-state index in [0.29, 0.717) is 15.8 Å². The van der Waals surface area contributed by atoms with Gasteiger partial charge in [0.1, 0.15) is 9.84 Å². The number of nitrogens with two attached hydrogens (primary N) is 1. The smallest absolute Gasteiger partial charge is 0.233 e. The van der Waals surface area contributed by atoms with Gasteiger partial charge in [0.2, 0.25) is 10.0 Å². The monoisotopic (exact) mass is 356 g/mol. The predicted octanol–water partition coefficient (Wildman–Crippen LogP) is 0.818. The van der Waals surface area contributed by atoms with Crippen LogP contribution in [0.2, 0.25) is 0 Å². The first-order valence-electron chi connectivity index (χ1n) is 4.82. The van der Waals surface area contributed by atoms with Gasteiger partial charge in [0.25, 0.3) is 0 Å². The third-order valence-corrected chi connectivity index (χ3v) is 5.21. The summed E-state index contributed by atoms with van der Waals surface area (Å²) in [7, 11) is -7.01. The van der Waals surface area contributed by atoms with Crippen molar-refractivity contribution >= 4 is 47.2 Å². The van der Waals surface area contributed by atoms with E-state index >= 15 is 0 Å². The molecule has 0 aliphatic carbocycles. The summed E-state index contributed by atoms with van der Waals surface area (Å²) in [5.41, 5.74) is 6.29. The van der Waals surface area contributed by atoms with Gasteiger partial charge in [-0.2, -0.15) is 0 Å². The summed E-state index contributed by atoms with van der Waals surface area (Å²) in [6.07, 6.45) is 0.986. The molecule has 0 fully saturated rings. The molecule has 6 nitrogen and oxygen atoms in total. The average Bonchev–Trinajstić information content (AvgIpc) is 2.20. The molecule has 0 radical (unpaired) electrons. The molecule has 3 N–H and O–H groups in total. The molecule has 0 heterocycles. The van der Waals surface area contributed by atoms with Gasteiger partial charge in [-0.1, -0.05) is 0 Å². The SMILES string of the molecule is CS(=O)(=O)CCS(=O)(=O)Nc1ccc(Br)c(N)c1. The first-order chi connectivity index (χ1) is 8.09. The summed E-state index contributed by atoms with van der Waals surface area (Å²) >= 11 is 3.18. The Labute approximate surface area is 115 Å². The van der Waals surface area contributed by atoms with Crippen molar-refractivity contribution in [2.24, 2.45) is 0 Å². The van der Waals surface area contributed by atoms with Gasteiger partial charge >= 0.3 is 0 Å². The third-order valence-electron chi connectivity index (χ3n) is 1.99. The zero-order chi connectivity index (χ0) is 14.0. The first kappa shape index (κ1) is 15.3. The Hall–Kier alpha value is -0.800. The van der Waals surface area contributed by atoms with Crippen LogP contribution in [0.3, 0.4) is 0 Å². The van der Waals surface area contributed by atoms with Crippen LogP contribution in [0.25, 0.3) is 0 Å². The molecule has 1 aromatic carbocycles. The van der Waals surface area contributed by atoms with Crippen LogP contribution in [-0.4, -0.2) is 34.6 Å². The van der Waals surface area contributed by atoms with Crippen LogP contribution in [0.5, 0.6) is 0 Å². The summed E-state index contributed by atoms with van der Waals surface area (Å²) in [6, 6.07) is 4.57. The van der Waals surface area contributed by atoms with Crippen molar-refractivity contribution in [2.75, 3.05) is 28.2 Å². The Morgan fingerprint density at radius 2 is 1.83 bits per heavy atom. The summed E-state index contributed by atoms with van der Waals surface area (Å²) < 4.78 is 48.0. The lowest BCUT2D eigenvalue weighted by molar-refractivity contribution is 0.593. The molecule has 18 heavy (non-hydrogen) atoms. The highest BCUT2D eigenvalue weighted by molar-refractivity contribution is 9.10. The standard InChI is InChI=1S/C9H13BrN2O4S2/c1-17(13,14)4-5-18(15,16)12-7-2-3-8(10)9(11)6-7/h2-3,6,12H,4-5,11H2,1H3. The molecule has 102 valence electrons. The molecular formula is C9H13BrN2O4S2. The van der Waals surface area contributed by atoms with Gasteiger partial charge in [-0.15, -0.1) is 0 Å². The Bertz CT molecular complexity index is 641. The van der Waals surface area contributed by atoms with Crippen LogP contribution in [0.1, 0.15) is 0 Å². The fourth-order valence-electron chi connectivity index (χ4n) is 1.10. The van der Waals surface area contributed by atoms with Gasteiger partial charge in [-0.25, -0.2) is 16.8 Å². The molecule has 0 saturated carbocycles. The molecule has 0 bridgehead atoms. The number of hydrogen-bond acceptors (Lipinski definition) is 5. The zero-order valence-electron chi connectivity index (χ0n) is 9.55. The van der Waals surface area contributed by atoms with Gasteiger partial charge in [-0.05, 0) is 34.1 Å². The number of rotatable bonds is 5. The topological polar surface area (TPSA) is 106 Å². The van der Waals surface area contributed by atoms with Crippen molar-refractivity contribution in [2.45, 2.75) is 0 Å².